The van der Waals surface area contributed by atoms with E-state index in [0.717, 1.165) is 25.2 Å². The van der Waals surface area contributed by atoms with Crippen LogP contribution in [0.3, 0.4) is 0 Å². The van der Waals surface area contributed by atoms with Crippen molar-refractivity contribution in [3.05, 3.63) is 29.8 Å². The van der Waals surface area contributed by atoms with Gasteiger partial charge in [0.25, 0.3) is 0 Å². The molecule has 0 spiro atoms. The molecule has 28 heavy (non-hydrogen) atoms. The normalized spacial score (nSPS) is 18.7. The maximum Gasteiger partial charge on any atom is 0.419 e. The number of hydrogen-bond donors (Lipinski definition) is 0. The Bertz CT molecular complexity index is 817. The van der Waals surface area contributed by atoms with Crippen LogP contribution in [0.4, 0.5) is 13.2 Å². The summed E-state index contributed by atoms with van der Waals surface area (Å²) in [6, 6.07) is 0. The van der Waals surface area contributed by atoms with Crippen molar-refractivity contribution < 1.29 is 32.2 Å². The summed E-state index contributed by atoms with van der Waals surface area (Å²) in [5.41, 5.74) is 0.0874. The van der Waals surface area contributed by atoms with Crippen molar-refractivity contribution in [3.8, 4) is 11.4 Å². The van der Waals surface area contributed by atoms with Gasteiger partial charge in [-0.05, 0) is 19.3 Å². The lowest BCUT2D eigenvalue weighted by atomic mass is 10.1. The zero-order chi connectivity index (χ0) is 20.3. The smallest absolute Gasteiger partial charge is 0.419 e. The summed E-state index contributed by atoms with van der Waals surface area (Å²) in [5.74, 6) is -0.610. The molecule has 1 aliphatic rings. The molecule has 2 unspecified atom stereocenters. The van der Waals surface area contributed by atoms with Crippen molar-refractivity contribution >= 4 is 5.97 Å². The molecule has 2 atom stereocenters. The van der Waals surface area contributed by atoms with E-state index >= 15 is 0 Å². The van der Waals surface area contributed by atoms with Gasteiger partial charge in [0, 0.05) is 31.6 Å². The molecule has 0 radical (unpaired) electrons. The SMILES string of the molecule is COC(=O)c1c(-c2ncc(C(OC3CCCCO3)C(F)(F)F)cn2)cnn1C. The van der Waals surface area contributed by atoms with Crippen molar-refractivity contribution in [3.63, 3.8) is 0 Å². The second kappa shape index (κ2) is 8.23. The van der Waals surface area contributed by atoms with Crippen LogP contribution in [0.1, 0.15) is 41.4 Å². The van der Waals surface area contributed by atoms with E-state index in [1.54, 1.807) is 0 Å². The van der Waals surface area contributed by atoms with E-state index in [0.29, 0.717) is 13.0 Å². The van der Waals surface area contributed by atoms with Gasteiger partial charge < -0.3 is 14.2 Å². The molecule has 2 aromatic heterocycles. The molecule has 3 rings (SSSR count). The Morgan fingerprint density at radius 2 is 2.00 bits per heavy atom. The van der Waals surface area contributed by atoms with Gasteiger partial charge in [0.15, 0.2) is 23.9 Å². The maximum absolute atomic E-state index is 13.5. The molecule has 1 aliphatic heterocycles. The highest BCUT2D eigenvalue weighted by Crippen LogP contribution is 2.37. The monoisotopic (exact) mass is 400 g/mol. The highest BCUT2D eigenvalue weighted by Gasteiger charge is 2.44. The van der Waals surface area contributed by atoms with Crippen molar-refractivity contribution in [1.82, 2.24) is 19.7 Å². The van der Waals surface area contributed by atoms with Crippen LogP contribution >= 0.6 is 0 Å². The molecule has 0 N–H and O–H groups in total. The van der Waals surface area contributed by atoms with Crippen molar-refractivity contribution in [2.24, 2.45) is 7.05 Å². The third kappa shape index (κ3) is 4.30. The number of nitrogens with zero attached hydrogens (tertiary/aromatic N) is 4. The molecule has 11 heteroatoms. The zero-order valence-electron chi connectivity index (χ0n) is 15.3. The van der Waals surface area contributed by atoms with Crippen LogP contribution in [-0.2, 0) is 21.3 Å². The fourth-order valence-corrected chi connectivity index (χ4v) is 2.87. The lowest BCUT2D eigenvalue weighted by Gasteiger charge is -2.28. The van der Waals surface area contributed by atoms with Gasteiger partial charge in [0.05, 0.1) is 18.9 Å². The van der Waals surface area contributed by atoms with Gasteiger partial charge in [0.1, 0.15) is 0 Å². The maximum atomic E-state index is 13.5. The van der Waals surface area contributed by atoms with Gasteiger partial charge in [-0.25, -0.2) is 14.8 Å². The number of aromatic nitrogens is 4. The fraction of sp³-hybridized carbons (Fsp3) is 0.529. The number of halogens is 3. The fourth-order valence-electron chi connectivity index (χ4n) is 2.87. The molecule has 0 aromatic carbocycles. The third-order valence-electron chi connectivity index (χ3n) is 4.26. The van der Waals surface area contributed by atoms with Gasteiger partial charge in [-0.1, -0.05) is 0 Å². The number of aryl methyl sites for hydroxylation is 1. The summed E-state index contributed by atoms with van der Waals surface area (Å²) >= 11 is 0. The summed E-state index contributed by atoms with van der Waals surface area (Å²) < 4.78 is 56.9. The summed E-state index contributed by atoms with van der Waals surface area (Å²) in [6.07, 6.45) is -2.48. The van der Waals surface area contributed by atoms with Crippen LogP contribution in [0, 0.1) is 0 Å². The van der Waals surface area contributed by atoms with Gasteiger partial charge >= 0.3 is 12.1 Å². The first kappa shape index (κ1) is 20.2. The number of rotatable bonds is 5. The van der Waals surface area contributed by atoms with E-state index < -0.39 is 24.5 Å². The number of methoxy groups -OCH3 is 1. The number of esters is 1. The number of carbonyl (C=O) groups is 1. The largest absolute Gasteiger partial charge is 0.464 e. The average molecular weight is 400 g/mol. The van der Waals surface area contributed by atoms with Crippen LogP contribution in [0.15, 0.2) is 18.6 Å². The van der Waals surface area contributed by atoms with Gasteiger partial charge in [-0.15, -0.1) is 0 Å². The predicted molar refractivity (Wildman–Crippen MR) is 89.0 cm³/mol. The Kier molecular flexibility index (Phi) is 5.94. The lowest BCUT2D eigenvalue weighted by Crippen LogP contribution is -2.31. The van der Waals surface area contributed by atoms with E-state index in [1.807, 2.05) is 0 Å². The molecule has 0 amide bonds. The minimum Gasteiger partial charge on any atom is -0.464 e. The van der Waals surface area contributed by atoms with Gasteiger partial charge in [-0.2, -0.15) is 18.3 Å². The van der Waals surface area contributed by atoms with Crippen molar-refractivity contribution in [2.75, 3.05) is 13.7 Å². The molecule has 0 bridgehead atoms. The highest BCUT2D eigenvalue weighted by molar-refractivity contribution is 5.94. The zero-order valence-corrected chi connectivity index (χ0v) is 15.3. The van der Waals surface area contributed by atoms with E-state index in [-0.39, 0.29) is 22.6 Å². The molecule has 2 aromatic rings. The summed E-state index contributed by atoms with van der Waals surface area (Å²) in [4.78, 5) is 19.8. The standard InChI is InChI=1S/C17H19F3N4O4/c1-24-13(16(25)26-2)11(9-23-24)15-21-7-10(8-22-15)14(17(18,19)20)28-12-5-3-4-6-27-12/h7-9,12,14H,3-6H2,1-2H3. The first-order valence-electron chi connectivity index (χ1n) is 8.57. The Morgan fingerprint density at radius 3 is 2.57 bits per heavy atom. The minimum absolute atomic E-state index is 0.0482. The molecule has 152 valence electrons. The van der Waals surface area contributed by atoms with Gasteiger partial charge in [-0.3, -0.25) is 4.68 Å². The first-order valence-corrected chi connectivity index (χ1v) is 8.57. The van der Waals surface area contributed by atoms with Gasteiger partial charge in [0.2, 0.25) is 0 Å². The van der Waals surface area contributed by atoms with Crippen LogP contribution in [0.25, 0.3) is 11.4 Å². The molecule has 1 fully saturated rings. The number of hydrogen-bond acceptors (Lipinski definition) is 7. The summed E-state index contributed by atoms with van der Waals surface area (Å²) in [6.45, 7) is 0.363. The molecular weight excluding hydrogens is 381 g/mol. The van der Waals surface area contributed by atoms with E-state index in [4.69, 9.17) is 14.2 Å². The third-order valence-corrected chi connectivity index (χ3v) is 4.26. The first-order chi connectivity index (χ1) is 13.3. The average Bonchev–Trinajstić information content (AvgIpc) is 3.07. The van der Waals surface area contributed by atoms with Crippen LogP contribution in [0.5, 0.6) is 0 Å². The molecule has 8 nitrogen and oxygen atoms in total. The van der Waals surface area contributed by atoms with Crippen LogP contribution < -0.4 is 0 Å². The Labute approximate surface area is 158 Å². The van der Waals surface area contributed by atoms with Crippen molar-refractivity contribution in [1.29, 1.82) is 0 Å². The number of carbonyl (C=O) groups excluding carboxylic acids is 1. The quantitative estimate of drug-likeness (QED) is 0.713. The lowest BCUT2D eigenvalue weighted by molar-refractivity contribution is -0.282. The van der Waals surface area contributed by atoms with Crippen LogP contribution in [0.2, 0.25) is 0 Å². The van der Waals surface area contributed by atoms with Crippen LogP contribution in [-0.4, -0.2) is 51.9 Å². The predicted octanol–water partition coefficient (Wildman–Crippen LogP) is 2.81. The second-order valence-corrected chi connectivity index (χ2v) is 6.22. The van der Waals surface area contributed by atoms with E-state index in [2.05, 4.69) is 15.1 Å². The summed E-state index contributed by atoms with van der Waals surface area (Å²) in [7, 11) is 2.74. The molecule has 3 heterocycles. The summed E-state index contributed by atoms with van der Waals surface area (Å²) in [5, 5.41) is 3.95. The second-order valence-electron chi connectivity index (χ2n) is 6.22. The topological polar surface area (TPSA) is 88.4 Å². The molecule has 1 saturated heterocycles. The van der Waals surface area contributed by atoms with E-state index in [9.17, 15) is 18.0 Å². The molecule has 0 aliphatic carbocycles. The van der Waals surface area contributed by atoms with E-state index in [1.165, 1.54) is 25.0 Å². The minimum atomic E-state index is -4.66. The van der Waals surface area contributed by atoms with Crippen molar-refractivity contribution in [2.45, 2.75) is 37.8 Å². The number of alkyl halides is 3. The Hall–Kier alpha value is -2.53. The molecular formula is C17H19F3N4O4. The highest BCUT2D eigenvalue weighted by atomic mass is 19.4. The Morgan fingerprint density at radius 1 is 1.29 bits per heavy atom. The Balaban J connectivity index is 1.86. The number of ether oxygens (including phenoxy) is 3. The molecule has 0 saturated carbocycles.